The average Bonchev–Trinajstić information content (AvgIpc) is 2.78. The molecular formula is C13H8ClN3O2. The number of halogens is 1. The van der Waals surface area contributed by atoms with E-state index in [4.69, 9.17) is 11.6 Å². The summed E-state index contributed by atoms with van der Waals surface area (Å²) in [5.41, 5.74) is 1.31. The normalized spacial score (nSPS) is 10.8. The quantitative estimate of drug-likeness (QED) is 0.729. The molecule has 0 atom stereocenters. The predicted molar refractivity (Wildman–Crippen MR) is 70.8 cm³/mol. The number of carboxylic acid groups (broad SMARTS) is 1. The van der Waals surface area contributed by atoms with Crippen LogP contribution in [0.3, 0.4) is 0 Å². The first-order chi connectivity index (χ1) is 9.16. The second kappa shape index (κ2) is 4.37. The van der Waals surface area contributed by atoms with Crippen molar-refractivity contribution in [2.24, 2.45) is 0 Å². The number of carbonyl (C=O) groups is 1. The molecule has 0 spiro atoms. The molecule has 3 aromatic rings. The van der Waals surface area contributed by atoms with E-state index in [-0.39, 0.29) is 11.0 Å². The summed E-state index contributed by atoms with van der Waals surface area (Å²) in [6.45, 7) is 0. The zero-order chi connectivity index (χ0) is 13.4. The Morgan fingerprint density at radius 1 is 1.26 bits per heavy atom. The number of hydrogen-bond acceptors (Lipinski definition) is 3. The lowest BCUT2D eigenvalue weighted by atomic mass is 10.3. The van der Waals surface area contributed by atoms with Crippen LogP contribution in [0.25, 0.3) is 16.7 Å². The van der Waals surface area contributed by atoms with Crippen molar-refractivity contribution in [3.8, 4) is 5.69 Å². The molecule has 2 heterocycles. The minimum Gasteiger partial charge on any atom is -0.477 e. The number of fused-ring (bicyclic) bond motifs is 1. The van der Waals surface area contributed by atoms with Crippen LogP contribution in [0, 0.1) is 0 Å². The van der Waals surface area contributed by atoms with E-state index in [2.05, 4.69) is 9.97 Å². The van der Waals surface area contributed by atoms with Gasteiger partial charge in [0.1, 0.15) is 11.3 Å². The van der Waals surface area contributed by atoms with Crippen LogP contribution >= 0.6 is 11.6 Å². The van der Waals surface area contributed by atoms with Gasteiger partial charge in [0.2, 0.25) is 5.28 Å². The molecule has 2 aromatic heterocycles. The van der Waals surface area contributed by atoms with Gasteiger partial charge in [-0.15, -0.1) is 0 Å². The van der Waals surface area contributed by atoms with Gasteiger partial charge in [-0.2, -0.15) is 4.98 Å². The first-order valence-electron chi connectivity index (χ1n) is 5.49. The summed E-state index contributed by atoms with van der Waals surface area (Å²) in [5.74, 6) is -1.03. The van der Waals surface area contributed by atoms with Crippen molar-refractivity contribution < 1.29 is 9.90 Å². The highest BCUT2D eigenvalue weighted by atomic mass is 35.5. The molecule has 3 rings (SSSR count). The summed E-state index contributed by atoms with van der Waals surface area (Å²) in [5, 5.41) is 10.0. The van der Waals surface area contributed by atoms with Crippen molar-refractivity contribution in [1.29, 1.82) is 0 Å². The van der Waals surface area contributed by atoms with Gasteiger partial charge >= 0.3 is 5.97 Å². The smallest absolute Gasteiger partial charge is 0.352 e. The third-order valence-electron chi connectivity index (χ3n) is 2.74. The Labute approximate surface area is 113 Å². The van der Waals surface area contributed by atoms with E-state index >= 15 is 0 Å². The average molecular weight is 274 g/mol. The van der Waals surface area contributed by atoms with E-state index in [9.17, 15) is 9.90 Å². The summed E-state index contributed by atoms with van der Waals surface area (Å²) < 4.78 is 1.55. The molecule has 1 N–H and O–H groups in total. The van der Waals surface area contributed by atoms with Gasteiger partial charge in [0.05, 0.1) is 0 Å². The van der Waals surface area contributed by atoms with Crippen molar-refractivity contribution in [3.05, 3.63) is 53.6 Å². The number of para-hydroxylation sites is 1. The standard InChI is InChI=1S/C13H8ClN3O2/c14-13-15-7-8-6-10(12(18)19)17(11(8)16-13)9-4-2-1-3-5-9/h1-7H,(H,18,19). The third-order valence-corrected chi connectivity index (χ3v) is 2.93. The maximum absolute atomic E-state index is 11.3. The minimum absolute atomic E-state index is 0.0831. The van der Waals surface area contributed by atoms with E-state index in [1.807, 2.05) is 30.3 Å². The minimum atomic E-state index is -1.03. The van der Waals surface area contributed by atoms with Gasteiger partial charge in [-0.05, 0) is 29.8 Å². The molecule has 0 aliphatic carbocycles. The van der Waals surface area contributed by atoms with Gasteiger partial charge < -0.3 is 5.11 Å². The molecule has 94 valence electrons. The molecule has 6 heteroatoms. The lowest BCUT2D eigenvalue weighted by Crippen LogP contribution is -2.06. The first-order valence-corrected chi connectivity index (χ1v) is 5.87. The predicted octanol–water partition coefficient (Wildman–Crippen LogP) is 2.77. The highest BCUT2D eigenvalue weighted by Gasteiger charge is 2.17. The molecule has 1 aromatic carbocycles. The molecule has 0 saturated carbocycles. The molecule has 0 aliphatic rings. The van der Waals surface area contributed by atoms with Gasteiger partial charge in [-0.3, -0.25) is 4.57 Å². The monoisotopic (exact) mass is 273 g/mol. The number of benzene rings is 1. The Hall–Kier alpha value is -2.40. The molecule has 0 saturated heterocycles. The van der Waals surface area contributed by atoms with E-state index < -0.39 is 5.97 Å². The Kier molecular flexibility index (Phi) is 2.68. The second-order valence-corrected chi connectivity index (χ2v) is 4.26. The van der Waals surface area contributed by atoms with Crippen molar-refractivity contribution in [1.82, 2.24) is 14.5 Å². The Balaban J connectivity index is 2.40. The fraction of sp³-hybridized carbons (Fsp3) is 0. The van der Waals surface area contributed by atoms with Crippen molar-refractivity contribution >= 4 is 28.6 Å². The molecular weight excluding hydrogens is 266 g/mol. The third kappa shape index (κ3) is 1.94. The SMILES string of the molecule is O=C(O)c1cc2cnc(Cl)nc2n1-c1ccccc1. The lowest BCUT2D eigenvalue weighted by Gasteiger charge is -2.07. The van der Waals surface area contributed by atoms with Crippen molar-refractivity contribution in [3.63, 3.8) is 0 Å². The largest absolute Gasteiger partial charge is 0.477 e. The van der Waals surface area contributed by atoms with Crippen LogP contribution in [0.4, 0.5) is 0 Å². The molecule has 5 nitrogen and oxygen atoms in total. The van der Waals surface area contributed by atoms with Crippen LogP contribution in [0.15, 0.2) is 42.6 Å². The van der Waals surface area contributed by atoms with Gasteiger partial charge in [-0.25, -0.2) is 9.78 Å². The molecule has 0 fully saturated rings. The molecule has 0 bridgehead atoms. The van der Waals surface area contributed by atoms with Gasteiger partial charge in [-0.1, -0.05) is 18.2 Å². The molecule has 19 heavy (non-hydrogen) atoms. The number of aromatic nitrogens is 3. The number of aromatic carboxylic acids is 1. The second-order valence-electron chi connectivity index (χ2n) is 3.92. The summed E-state index contributed by atoms with van der Waals surface area (Å²) in [6.07, 6.45) is 1.51. The molecule has 0 radical (unpaired) electrons. The fourth-order valence-electron chi connectivity index (χ4n) is 1.96. The van der Waals surface area contributed by atoms with Gasteiger partial charge in [0, 0.05) is 17.3 Å². The Bertz CT molecular complexity index is 768. The summed E-state index contributed by atoms with van der Waals surface area (Å²) >= 11 is 5.78. The lowest BCUT2D eigenvalue weighted by molar-refractivity contribution is 0.0688. The van der Waals surface area contributed by atoms with Crippen LogP contribution < -0.4 is 0 Å². The molecule has 0 aliphatic heterocycles. The number of hydrogen-bond donors (Lipinski definition) is 1. The van der Waals surface area contributed by atoms with E-state index in [1.165, 1.54) is 12.3 Å². The van der Waals surface area contributed by atoms with Gasteiger partial charge in [0.15, 0.2) is 0 Å². The summed E-state index contributed by atoms with van der Waals surface area (Å²) in [6, 6.07) is 10.7. The molecule has 0 unspecified atom stereocenters. The van der Waals surface area contributed by atoms with E-state index in [1.54, 1.807) is 4.57 Å². The Morgan fingerprint density at radius 2 is 2.00 bits per heavy atom. The van der Waals surface area contributed by atoms with Crippen LogP contribution in [-0.2, 0) is 0 Å². The van der Waals surface area contributed by atoms with Crippen molar-refractivity contribution in [2.75, 3.05) is 0 Å². The highest BCUT2D eigenvalue weighted by Crippen LogP contribution is 2.23. The highest BCUT2D eigenvalue weighted by molar-refractivity contribution is 6.28. The molecule has 0 amide bonds. The maximum atomic E-state index is 11.3. The summed E-state index contributed by atoms with van der Waals surface area (Å²) in [4.78, 5) is 19.3. The zero-order valence-electron chi connectivity index (χ0n) is 9.62. The van der Waals surface area contributed by atoms with E-state index in [0.717, 1.165) is 0 Å². The Morgan fingerprint density at radius 3 is 2.68 bits per heavy atom. The maximum Gasteiger partial charge on any atom is 0.352 e. The topological polar surface area (TPSA) is 68.0 Å². The van der Waals surface area contributed by atoms with Crippen LogP contribution in [0.2, 0.25) is 5.28 Å². The number of nitrogens with zero attached hydrogens (tertiary/aromatic N) is 3. The van der Waals surface area contributed by atoms with Crippen molar-refractivity contribution in [2.45, 2.75) is 0 Å². The van der Waals surface area contributed by atoms with Crippen LogP contribution in [0.5, 0.6) is 0 Å². The number of carboxylic acids is 1. The fourth-order valence-corrected chi connectivity index (χ4v) is 2.09. The zero-order valence-corrected chi connectivity index (χ0v) is 10.4. The van der Waals surface area contributed by atoms with Crippen LogP contribution in [-0.4, -0.2) is 25.6 Å². The van der Waals surface area contributed by atoms with Crippen LogP contribution in [0.1, 0.15) is 10.5 Å². The summed E-state index contributed by atoms with van der Waals surface area (Å²) in [7, 11) is 0. The van der Waals surface area contributed by atoms with Gasteiger partial charge in [0.25, 0.3) is 0 Å². The first kappa shape index (κ1) is 11.7. The number of rotatable bonds is 2. The van der Waals surface area contributed by atoms with E-state index in [0.29, 0.717) is 16.7 Å².